The Bertz CT molecular complexity index is 885. The van der Waals surface area contributed by atoms with Crippen LogP contribution in [0.15, 0.2) is 48.6 Å². The molecule has 6 heteroatoms. The number of carbonyl (C=O) groups is 1. The van der Waals surface area contributed by atoms with E-state index in [2.05, 4.69) is 37.2 Å². The van der Waals surface area contributed by atoms with Crippen LogP contribution >= 0.6 is 11.6 Å². The number of halogens is 1. The third-order valence-corrected chi connectivity index (χ3v) is 6.09. The van der Waals surface area contributed by atoms with Crippen LogP contribution in [0.1, 0.15) is 40.0 Å². The quantitative estimate of drug-likeness (QED) is 0.638. The number of unbranched alkanes of at least 4 members (excludes halogenated alkanes) is 1. The maximum absolute atomic E-state index is 12.6. The molecule has 1 aromatic carbocycles. The fraction of sp³-hybridized carbons (Fsp3) is 0.450. The number of hydrogen-bond donors (Lipinski definition) is 1. The minimum atomic E-state index is -1.10. The molecule has 1 aliphatic carbocycles. The number of nitrogens with two attached hydrogens (primary N) is 1. The number of primary amides is 1. The second-order valence-electron chi connectivity index (χ2n) is 7.63. The number of fused-ring (bicyclic) bond motifs is 1. The highest BCUT2D eigenvalue weighted by molar-refractivity contribution is 6.27. The molecule has 2 unspecified atom stereocenters. The lowest BCUT2D eigenvalue weighted by atomic mass is 9.65. The molecule has 2 aromatic rings. The van der Waals surface area contributed by atoms with Crippen molar-refractivity contribution >= 4 is 28.5 Å². The van der Waals surface area contributed by atoms with Crippen LogP contribution in [0.4, 0.5) is 0 Å². The van der Waals surface area contributed by atoms with Gasteiger partial charge in [-0.3, -0.25) is 4.79 Å². The molecule has 26 heavy (non-hydrogen) atoms. The van der Waals surface area contributed by atoms with E-state index in [-0.39, 0.29) is 0 Å². The summed E-state index contributed by atoms with van der Waals surface area (Å²) in [6.45, 7) is 6.23. The topological polar surface area (TPSA) is 73.8 Å². The molecule has 2 atom stereocenters. The van der Waals surface area contributed by atoms with E-state index in [1.54, 1.807) is 10.8 Å². The summed E-state index contributed by atoms with van der Waals surface area (Å²) in [5.41, 5.74) is 5.85. The minimum Gasteiger partial charge on any atom is -0.367 e. The Morgan fingerprint density at radius 3 is 2.73 bits per heavy atom. The van der Waals surface area contributed by atoms with Gasteiger partial charge in [-0.15, -0.1) is 16.7 Å². The predicted octanol–water partition coefficient (Wildman–Crippen LogP) is 3.93. The van der Waals surface area contributed by atoms with Crippen molar-refractivity contribution < 1.29 is 4.79 Å². The highest BCUT2D eigenvalue weighted by atomic mass is 35.5. The van der Waals surface area contributed by atoms with E-state index in [0.717, 1.165) is 23.9 Å². The number of rotatable bonds is 5. The number of nitrogens with zero attached hydrogens (tertiary/aromatic N) is 3. The molecular formula is C20H25ClN4O. The largest absolute Gasteiger partial charge is 0.367 e. The smallest absolute Gasteiger partial charge is 0.249 e. The molecule has 1 aromatic heterocycles. The second kappa shape index (κ2) is 6.54. The average molecular weight is 373 g/mol. The first kappa shape index (κ1) is 18.6. The number of carbonyl (C=O) groups excluding carboxylic acids is 1. The number of amides is 1. The first-order chi connectivity index (χ1) is 12.3. The van der Waals surface area contributed by atoms with Crippen molar-refractivity contribution in [2.75, 3.05) is 0 Å². The molecule has 1 aliphatic rings. The number of allylic oxidation sites excluding steroid dienone is 3. The normalized spacial score (nSPS) is 28.0. The van der Waals surface area contributed by atoms with Gasteiger partial charge in [0.05, 0.1) is 10.4 Å². The monoisotopic (exact) mass is 372 g/mol. The van der Waals surface area contributed by atoms with E-state index in [4.69, 9.17) is 17.3 Å². The molecule has 0 saturated carbocycles. The second-order valence-corrected chi connectivity index (χ2v) is 8.26. The molecule has 0 saturated heterocycles. The lowest BCUT2D eigenvalue weighted by molar-refractivity contribution is -0.126. The van der Waals surface area contributed by atoms with Crippen LogP contribution in [-0.4, -0.2) is 25.8 Å². The summed E-state index contributed by atoms with van der Waals surface area (Å²) in [6.07, 6.45) is 10.3. The first-order valence-corrected chi connectivity index (χ1v) is 9.31. The molecule has 2 N–H and O–H groups in total. The van der Waals surface area contributed by atoms with Crippen molar-refractivity contribution in [3.8, 4) is 0 Å². The SMILES string of the molecule is CCC/C=C/C1(Cl)C=CC(C(N)=O)(n2nnc3ccccc32)CC1(C)C. The van der Waals surface area contributed by atoms with E-state index in [0.29, 0.717) is 6.42 Å². The van der Waals surface area contributed by atoms with E-state index in [1.807, 2.05) is 36.4 Å². The molecule has 0 spiro atoms. The van der Waals surface area contributed by atoms with Crippen LogP contribution in [0.2, 0.25) is 0 Å². The summed E-state index contributed by atoms with van der Waals surface area (Å²) in [7, 11) is 0. The summed E-state index contributed by atoms with van der Waals surface area (Å²) < 4.78 is 1.63. The van der Waals surface area contributed by atoms with Gasteiger partial charge in [0.25, 0.3) is 0 Å². The summed E-state index contributed by atoms with van der Waals surface area (Å²) >= 11 is 6.94. The highest BCUT2D eigenvalue weighted by Crippen LogP contribution is 2.51. The Kier molecular flexibility index (Phi) is 4.69. The maximum atomic E-state index is 12.6. The molecule has 0 radical (unpaired) electrons. The van der Waals surface area contributed by atoms with Crippen molar-refractivity contribution in [3.05, 3.63) is 48.6 Å². The summed E-state index contributed by atoms with van der Waals surface area (Å²) in [4.78, 5) is 11.9. The Labute approximate surface area is 158 Å². The van der Waals surface area contributed by atoms with Crippen LogP contribution in [0.3, 0.4) is 0 Å². The molecule has 0 fully saturated rings. The van der Waals surface area contributed by atoms with E-state index < -0.39 is 21.7 Å². The van der Waals surface area contributed by atoms with Crippen molar-refractivity contribution in [1.82, 2.24) is 15.0 Å². The summed E-state index contributed by atoms with van der Waals surface area (Å²) in [6, 6.07) is 7.55. The van der Waals surface area contributed by atoms with Crippen molar-refractivity contribution in [2.45, 2.75) is 50.4 Å². The van der Waals surface area contributed by atoms with Crippen molar-refractivity contribution in [1.29, 1.82) is 0 Å². The highest BCUT2D eigenvalue weighted by Gasteiger charge is 2.53. The van der Waals surface area contributed by atoms with Crippen LogP contribution in [-0.2, 0) is 10.3 Å². The molecule has 138 valence electrons. The van der Waals surface area contributed by atoms with Gasteiger partial charge >= 0.3 is 0 Å². The van der Waals surface area contributed by atoms with E-state index >= 15 is 0 Å². The van der Waals surface area contributed by atoms with Crippen LogP contribution in [0, 0.1) is 5.41 Å². The Balaban J connectivity index is 2.14. The zero-order valence-electron chi connectivity index (χ0n) is 15.4. The lowest BCUT2D eigenvalue weighted by Gasteiger charge is -2.47. The number of para-hydroxylation sites is 1. The lowest BCUT2D eigenvalue weighted by Crippen LogP contribution is -2.54. The molecule has 0 aliphatic heterocycles. The number of alkyl halides is 1. The van der Waals surface area contributed by atoms with Gasteiger partial charge < -0.3 is 5.73 Å². The van der Waals surface area contributed by atoms with Crippen molar-refractivity contribution in [3.63, 3.8) is 0 Å². The number of hydrogen-bond acceptors (Lipinski definition) is 3. The molecular weight excluding hydrogens is 348 g/mol. The van der Waals surface area contributed by atoms with Gasteiger partial charge in [-0.1, -0.05) is 62.8 Å². The zero-order valence-corrected chi connectivity index (χ0v) is 16.2. The summed E-state index contributed by atoms with van der Waals surface area (Å²) in [5.74, 6) is -0.464. The number of benzene rings is 1. The molecule has 0 bridgehead atoms. The molecule has 1 amide bonds. The van der Waals surface area contributed by atoms with Crippen LogP contribution < -0.4 is 5.73 Å². The average Bonchev–Trinajstić information content (AvgIpc) is 3.02. The van der Waals surface area contributed by atoms with Gasteiger partial charge in [-0.2, -0.15) is 0 Å². The third-order valence-electron chi connectivity index (χ3n) is 5.32. The Morgan fingerprint density at radius 1 is 1.35 bits per heavy atom. The Hall–Kier alpha value is -2.14. The van der Waals surface area contributed by atoms with Gasteiger partial charge in [0, 0.05) is 0 Å². The molecule has 5 nitrogen and oxygen atoms in total. The number of aromatic nitrogens is 3. The molecule has 3 rings (SSSR count). The first-order valence-electron chi connectivity index (χ1n) is 8.94. The van der Waals surface area contributed by atoms with Gasteiger partial charge in [-0.25, -0.2) is 4.68 Å². The van der Waals surface area contributed by atoms with E-state index in [1.165, 1.54) is 0 Å². The summed E-state index contributed by atoms with van der Waals surface area (Å²) in [5, 5.41) is 8.45. The van der Waals surface area contributed by atoms with E-state index in [9.17, 15) is 4.79 Å². The maximum Gasteiger partial charge on any atom is 0.249 e. The molecule has 1 heterocycles. The third kappa shape index (κ3) is 2.84. The minimum absolute atomic E-state index is 0.421. The predicted molar refractivity (Wildman–Crippen MR) is 105 cm³/mol. The van der Waals surface area contributed by atoms with Gasteiger partial charge in [-0.05, 0) is 36.5 Å². The van der Waals surface area contributed by atoms with Crippen LogP contribution in [0.25, 0.3) is 11.0 Å². The van der Waals surface area contributed by atoms with Gasteiger partial charge in [0.1, 0.15) is 5.52 Å². The van der Waals surface area contributed by atoms with Gasteiger partial charge in [0.15, 0.2) is 5.54 Å². The standard InChI is InChI=1S/C20H25ClN4O/c1-4-5-8-11-20(21)13-12-19(17(22)26,14-18(20,2)3)25-16-10-7-6-9-15(16)23-24-25/h6-13H,4-5,14H2,1-3H3,(H2,22,26)/b11-8+. The van der Waals surface area contributed by atoms with Gasteiger partial charge in [0.2, 0.25) is 5.91 Å². The van der Waals surface area contributed by atoms with Crippen LogP contribution in [0.5, 0.6) is 0 Å². The zero-order chi connectivity index (χ0) is 19.0. The fourth-order valence-corrected chi connectivity index (χ4v) is 3.86. The van der Waals surface area contributed by atoms with Crippen molar-refractivity contribution in [2.24, 2.45) is 11.1 Å². The fourth-order valence-electron chi connectivity index (χ4n) is 3.64. The Morgan fingerprint density at radius 2 is 2.08 bits per heavy atom.